The van der Waals surface area contributed by atoms with Gasteiger partial charge in [0.2, 0.25) is 0 Å². The van der Waals surface area contributed by atoms with E-state index in [9.17, 15) is 13.2 Å². The smallest absolute Gasteiger partial charge is 0.354 e. The van der Waals surface area contributed by atoms with Crippen molar-refractivity contribution < 1.29 is 26.9 Å². The van der Waals surface area contributed by atoms with Gasteiger partial charge in [-0.15, -0.1) is 0 Å². The van der Waals surface area contributed by atoms with E-state index in [0.29, 0.717) is 5.75 Å². The van der Waals surface area contributed by atoms with E-state index < -0.39 is 16.1 Å². The summed E-state index contributed by atoms with van der Waals surface area (Å²) >= 11 is 0. The highest BCUT2D eigenvalue weighted by molar-refractivity contribution is 7.86. The molecule has 1 rings (SSSR count). The van der Waals surface area contributed by atoms with Gasteiger partial charge in [-0.1, -0.05) is 0 Å². The van der Waals surface area contributed by atoms with Crippen molar-refractivity contribution >= 4 is 27.5 Å². The molecule has 1 N–H and O–H groups in total. The Morgan fingerprint density at radius 3 is 2.59 bits per heavy atom. The van der Waals surface area contributed by atoms with Crippen LogP contribution in [0.4, 0.5) is 5.69 Å². The third-order valence-corrected chi connectivity index (χ3v) is 2.83. The Bertz CT molecular complexity index is 669. The minimum Gasteiger partial charge on any atom is -0.497 e. The van der Waals surface area contributed by atoms with Gasteiger partial charge in [-0.05, 0) is 26.0 Å². The van der Waals surface area contributed by atoms with E-state index in [1.807, 2.05) is 0 Å². The summed E-state index contributed by atoms with van der Waals surface area (Å²) in [6.45, 7) is 3.38. The Kier molecular flexibility index (Phi) is 6.17. The number of rotatable bonds is 7. The number of nitrogens with zero attached hydrogens (tertiary/aromatic N) is 1. The maximum absolute atomic E-state index is 11.4. The van der Waals surface area contributed by atoms with E-state index >= 15 is 0 Å². The van der Waals surface area contributed by atoms with Gasteiger partial charge < -0.3 is 13.7 Å². The quantitative estimate of drug-likeness (QED) is 0.349. The molecule has 0 amide bonds. The number of carbonyl (C=O) groups excluding carboxylic acids is 1. The number of hydrogen-bond donors (Lipinski definition) is 1. The van der Waals surface area contributed by atoms with E-state index in [2.05, 4.69) is 10.5 Å². The van der Waals surface area contributed by atoms with Crippen LogP contribution < -0.4 is 14.3 Å². The van der Waals surface area contributed by atoms with Gasteiger partial charge in [0.05, 0.1) is 20.0 Å². The zero-order valence-corrected chi connectivity index (χ0v) is 13.6. The summed E-state index contributed by atoms with van der Waals surface area (Å²) in [5.41, 5.74) is 2.91. The molecular weight excluding hydrogens is 312 g/mol. The molecule has 22 heavy (non-hydrogen) atoms. The summed E-state index contributed by atoms with van der Waals surface area (Å²) in [7, 11) is -2.28. The number of ether oxygens (including phenoxy) is 2. The van der Waals surface area contributed by atoms with Crippen molar-refractivity contribution in [3.05, 3.63) is 18.2 Å². The van der Waals surface area contributed by atoms with Gasteiger partial charge in [-0.25, -0.2) is 4.79 Å². The van der Waals surface area contributed by atoms with E-state index in [4.69, 9.17) is 13.7 Å². The molecule has 8 nitrogen and oxygen atoms in total. The normalized spacial score (nSPS) is 11.7. The van der Waals surface area contributed by atoms with E-state index in [1.54, 1.807) is 13.0 Å². The van der Waals surface area contributed by atoms with Crippen molar-refractivity contribution in [1.82, 2.24) is 0 Å². The van der Waals surface area contributed by atoms with Gasteiger partial charge in [-0.2, -0.15) is 13.5 Å². The van der Waals surface area contributed by atoms with Gasteiger partial charge in [0.1, 0.15) is 17.1 Å². The van der Waals surface area contributed by atoms with Crippen LogP contribution in [-0.4, -0.2) is 40.1 Å². The molecule has 1 aromatic carbocycles. The highest BCUT2D eigenvalue weighted by Crippen LogP contribution is 2.30. The highest BCUT2D eigenvalue weighted by Gasteiger charge is 2.12. The lowest BCUT2D eigenvalue weighted by Crippen LogP contribution is -2.15. The summed E-state index contributed by atoms with van der Waals surface area (Å²) in [4.78, 5) is 11.4. The van der Waals surface area contributed by atoms with Crippen LogP contribution in [0.3, 0.4) is 0 Å². The van der Waals surface area contributed by atoms with Crippen LogP contribution in [0.2, 0.25) is 0 Å². The third-order valence-electron chi connectivity index (χ3n) is 2.34. The number of benzene rings is 1. The van der Waals surface area contributed by atoms with Gasteiger partial charge in [0.25, 0.3) is 0 Å². The van der Waals surface area contributed by atoms with Gasteiger partial charge in [0.15, 0.2) is 5.75 Å². The van der Waals surface area contributed by atoms with Gasteiger partial charge in [0, 0.05) is 6.07 Å². The van der Waals surface area contributed by atoms with Crippen molar-refractivity contribution in [2.75, 3.05) is 25.4 Å². The fraction of sp³-hybridized carbons (Fsp3) is 0.385. The summed E-state index contributed by atoms with van der Waals surface area (Å²) < 4.78 is 37.2. The van der Waals surface area contributed by atoms with E-state index in [1.165, 1.54) is 26.2 Å². The van der Waals surface area contributed by atoms with E-state index in [-0.39, 0.29) is 23.8 Å². The van der Waals surface area contributed by atoms with Crippen LogP contribution >= 0.6 is 0 Å². The molecule has 0 heterocycles. The lowest BCUT2D eigenvalue weighted by atomic mass is 10.3. The molecule has 9 heteroatoms. The molecule has 0 atom stereocenters. The number of esters is 1. The molecular formula is C13H18N2O6S. The molecule has 0 radical (unpaired) electrons. The standard InChI is InChI=1S/C13H18N2O6S/c1-5-20-13(16)9(2)14-15-11-7-6-10(19-3)8-12(11)21-22(4,17)18/h6-8,15H,5H2,1-4H3/b14-9-. The van der Waals surface area contributed by atoms with Crippen LogP contribution in [0.25, 0.3) is 0 Å². The number of hydrogen-bond acceptors (Lipinski definition) is 8. The first-order valence-electron chi connectivity index (χ1n) is 6.31. The Balaban J connectivity index is 3.03. The Hall–Kier alpha value is -2.29. The second kappa shape index (κ2) is 7.64. The first-order valence-corrected chi connectivity index (χ1v) is 8.13. The molecule has 0 aliphatic rings. The molecule has 122 valence electrons. The Morgan fingerprint density at radius 2 is 2.05 bits per heavy atom. The maximum atomic E-state index is 11.4. The molecule has 0 saturated carbocycles. The molecule has 1 aromatic rings. The molecule has 0 aliphatic carbocycles. The summed E-state index contributed by atoms with van der Waals surface area (Å²) in [6, 6.07) is 4.49. The fourth-order valence-corrected chi connectivity index (χ4v) is 1.84. The highest BCUT2D eigenvalue weighted by atomic mass is 32.2. The largest absolute Gasteiger partial charge is 0.497 e. The molecule has 0 saturated heterocycles. The molecule has 0 unspecified atom stereocenters. The summed E-state index contributed by atoms with van der Waals surface area (Å²) in [5, 5.41) is 3.84. The molecule has 0 bridgehead atoms. The van der Waals surface area contributed by atoms with Crippen molar-refractivity contribution in [3.8, 4) is 11.5 Å². The number of hydrazone groups is 1. The van der Waals surface area contributed by atoms with Crippen LogP contribution in [0.15, 0.2) is 23.3 Å². The van der Waals surface area contributed by atoms with Crippen molar-refractivity contribution in [2.45, 2.75) is 13.8 Å². The van der Waals surface area contributed by atoms with Crippen molar-refractivity contribution in [2.24, 2.45) is 5.10 Å². The fourth-order valence-electron chi connectivity index (χ4n) is 1.38. The lowest BCUT2D eigenvalue weighted by Gasteiger charge is -2.11. The monoisotopic (exact) mass is 330 g/mol. The summed E-state index contributed by atoms with van der Waals surface area (Å²) in [6.07, 6.45) is 0.920. The summed E-state index contributed by atoms with van der Waals surface area (Å²) in [5.74, 6) is -0.161. The van der Waals surface area contributed by atoms with Crippen LogP contribution in [0.1, 0.15) is 13.8 Å². The van der Waals surface area contributed by atoms with Crippen molar-refractivity contribution in [1.29, 1.82) is 0 Å². The van der Waals surface area contributed by atoms with Gasteiger partial charge in [-0.3, -0.25) is 5.43 Å². The average Bonchev–Trinajstić information content (AvgIpc) is 2.44. The second-order valence-corrected chi connectivity index (χ2v) is 5.75. The van der Waals surface area contributed by atoms with Crippen LogP contribution in [0, 0.1) is 0 Å². The van der Waals surface area contributed by atoms with E-state index in [0.717, 1.165) is 6.26 Å². The molecule has 0 spiro atoms. The predicted molar refractivity (Wildman–Crippen MR) is 81.8 cm³/mol. The number of carbonyl (C=O) groups is 1. The second-order valence-electron chi connectivity index (χ2n) is 4.18. The molecule has 0 aliphatic heterocycles. The third kappa shape index (κ3) is 5.60. The Morgan fingerprint density at radius 1 is 1.36 bits per heavy atom. The molecule has 0 aromatic heterocycles. The first kappa shape index (κ1) is 17.8. The van der Waals surface area contributed by atoms with Crippen LogP contribution in [0.5, 0.6) is 11.5 Å². The number of anilines is 1. The van der Waals surface area contributed by atoms with Gasteiger partial charge >= 0.3 is 16.1 Å². The number of nitrogens with one attached hydrogen (secondary N) is 1. The predicted octanol–water partition coefficient (Wildman–Crippen LogP) is 1.38. The van der Waals surface area contributed by atoms with Crippen LogP contribution in [-0.2, 0) is 19.6 Å². The SMILES string of the molecule is CCOC(=O)/C(C)=N\Nc1ccc(OC)cc1OS(C)(=O)=O. The zero-order valence-electron chi connectivity index (χ0n) is 12.7. The minimum absolute atomic E-state index is 0.00209. The zero-order chi connectivity index (χ0) is 16.8. The minimum atomic E-state index is -3.72. The molecule has 0 fully saturated rings. The first-order chi connectivity index (χ1) is 10.3. The maximum Gasteiger partial charge on any atom is 0.354 e. The van der Waals surface area contributed by atoms with Crippen molar-refractivity contribution in [3.63, 3.8) is 0 Å². The number of methoxy groups -OCH3 is 1. The topological polar surface area (TPSA) is 103 Å². The lowest BCUT2D eigenvalue weighted by molar-refractivity contribution is -0.135. The average molecular weight is 330 g/mol. The Labute approximate surface area is 129 Å².